The Hall–Kier alpha value is -1.67. The predicted molar refractivity (Wildman–Crippen MR) is 89.5 cm³/mol. The lowest BCUT2D eigenvalue weighted by molar-refractivity contribution is 0.626. The van der Waals surface area contributed by atoms with Gasteiger partial charge in [-0.15, -0.1) is 11.3 Å². The molecule has 0 aromatic heterocycles. The van der Waals surface area contributed by atoms with Crippen molar-refractivity contribution in [3.05, 3.63) is 53.4 Å². The molecule has 0 saturated heterocycles. The average molecular weight is 282 g/mol. The third kappa shape index (κ3) is 2.36. The van der Waals surface area contributed by atoms with Crippen LogP contribution in [0, 0.1) is 6.92 Å². The highest BCUT2D eigenvalue weighted by molar-refractivity contribution is 7.21. The summed E-state index contributed by atoms with van der Waals surface area (Å²) in [6.45, 7) is 8.68. The standard InChI is InChI=1S/C18H20NS/c1-4-19(5-2)16-9-8-15-11-14-7-6-13(3)10-17(14)20-18(15)12-16/h6-12H,4-5H2,1-3H3/q+1. The van der Waals surface area contributed by atoms with E-state index in [-0.39, 0.29) is 0 Å². The molecule has 0 saturated carbocycles. The molecule has 1 aromatic rings. The van der Waals surface area contributed by atoms with Gasteiger partial charge in [-0.25, -0.2) is 4.58 Å². The fourth-order valence-electron chi connectivity index (χ4n) is 2.65. The van der Waals surface area contributed by atoms with Gasteiger partial charge >= 0.3 is 0 Å². The second-order valence-corrected chi connectivity index (χ2v) is 6.27. The first kappa shape index (κ1) is 13.3. The monoisotopic (exact) mass is 282 g/mol. The Bertz CT molecular complexity index is 792. The van der Waals surface area contributed by atoms with E-state index in [1.54, 1.807) is 0 Å². The minimum atomic E-state index is 1.05. The first-order valence-electron chi connectivity index (χ1n) is 7.23. The second-order valence-electron chi connectivity index (χ2n) is 5.18. The van der Waals surface area contributed by atoms with Gasteiger partial charge in [0.25, 0.3) is 0 Å². The average Bonchev–Trinajstić information content (AvgIpc) is 2.46. The molecule has 0 amide bonds. The molecular formula is C18H20NS+. The van der Waals surface area contributed by atoms with Gasteiger partial charge in [-0.1, -0.05) is 12.1 Å². The molecule has 1 aliphatic heterocycles. The lowest BCUT2D eigenvalue weighted by atomic mass is 10.1. The van der Waals surface area contributed by atoms with Crippen LogP contribution in [0.2, 0.25) is 0 Å². The smallest absolute Gasteiger partial charge is 0.201 e. The topological polar surface area (TPSA) is 3.01 Å². The number of nitrogens with zero attached hydrogens (tertiary/aromatic N) is 1. The summed E-state index contributed by atoms with van der Waals surface area (Å²) in [4.78, 5) is 1.37. The van der Waals surface area contributed by atoms with Gasteiger partial charge in [0.1, 0.15) is 13.1 Å². The van der Waals surface area contributed by atoms with E-state index >= 15 is 0 Å². The maximum absolute atomic E-state index is 2.40. The van der Waals surface area contributed by atoms with Crippen molar-refractivity contribution in [1.82, 2.24) is 4.58 Å². The van der Waals surface area contributed by atoms with Crippen molar-refractivity contribution >= 4 is 21.4 Å². The molecule has 0 unspecified atom stereocenters. The molecule has 1 aromatic carbocycles. The highest BCUT2D eigenvalue weighted by Gasteiger charge is 2.08. The van der Waals surface area contributed by atoms with E-state index in [9.17, 15) is 0 Å². The molecule has 1 heterocycles. The van der Waals surface area contributed by atoms with Gasteiger partial charge in [0.2, 0.25) is 5.36 Å². The molecule has 0 bridgehead atoms. The van der Waals surface area contributed by atoms with Crippen LogP contribution in [-0.4, -0.2) is 13.1 Å². The van der Waals surface area contributed by atoms with Crippen LogP contribution in [0.15, 0.2) is 42.5 Å². The Morgan fingerprint density at radius 1 is 0.950 bits per heavy atom. The molecular weight excluding hydrogens is 262 g/mol. The van der Waals surface area contributed by atoms with Crippen LogP contribution in [-0.2, 0) is 0 Å². The number of benzene rings is 2. The van der Waals surface area contributed by atoms with E-state index in [1.807, 2.05) is 11.3 Å². The molecule has 2 aliphatic rings. The predicted octanol–water partition coefficient (Wildman–Crippen LogP) is 4.13. The van der Waals surface area contributed by atoms with Gasteiger partial charge in [-0.05, 0) is 55.5 Å². The van der Waals surface area contributed by atoms with Crippen molar-refractivity contribution in [3.63, 3.8) is 0 Å². The summed E-state index contributed by atoms with van der Waals surface area (Å²) in [6, 6.07) is 15.8. The molecule has 1 nitrogen and oxygen atoms in total. The summed E-state index contributed by atoms with van der Waals surface area (Å²) in [5, 5.41) is 2.66. The fraction of sp³-hybridized carbons (Fsp3) is 0.278. The molecule has 0 N–H and O–H groups in total. The van der Waals surface area contributed by atoms with Crippen molar-refractivity contribution in [3.8, 4) is 10.4 Å². The summed E-state index contributed by atoms with van der Waals surface area (Å²) in [5.41, 5.74) is 2.66. The third-order valence-electron chi connectivity index (χ3n) is 3.83. The number of aryl methyl sites for hydroxylation is 1. The maximum atomic E-state index is 2.40. The first-order chi connectivity index (χ1) is 9.71. The normalized spacial score (nSPS) is 11.2. The number of hydrogen-bond donors (Lipinski definition) is 0. The summed E-state index contributed by atoms with van der Waals surface area (Å²) in [6.07, 6.45) is 0. The van der Waals surface area contributed by atoms with Gasteiger partial charge in [0.05, 0.1) is 0 Å². The van der Waals surface area contributed by atoms with Crippen LogP contribution in [0.25, 0.3) is 20.5 Å². The number of fused-ring (bicyclic) bond motifs is 2. The van der Waals surface area contributed by atoms with Crippen LogP contribution in [0.3, 0.4) is 0 Å². The number of rotatable bonds is 2. The number of hydrogen-bond acceptors (Lipinski definition) is 1. The van der Waals surface area contributed by atoms with Crippen molar-refractivity contribution in [2.24, 2.45) is 0 Å². The minimum absolute atomic E-state index is 1.05. The largest absolute Gasteiger partial charge is 0.230 e. The second kappa shape index (κ2) is 5.37. The lowest BCUT2D eigenvalue weighted by Gasteiger charge is -2.07. The SMILES string of the molecule is CC[N+](CC)=c1ccc2cc3ccc(C)cc3sc-2c1. The van der Waals surface area contributed by atoms with Crippen LogP contribution >= 0.6 is 11.3 Å². The van der Waals surface area contributed by atoms with Crippen molar-refractivity contribution in [2.75, 3.05) is 13.1 Å². The van der Waals surface area contributed by atoms with Gasteiger partial charge < -0.3 is 0 Å². The Balaban J connectivity index is 2.32. The van der Waals surface area contributed by atoms with E-state index in [2.05, 4.69) is 67.8 Å². The minimum Gasteiger partial charge on any atom is -0.230 e. The highest BCUT2D eigenvalue weighted by atomic mass is 32.1. The van der Waals surface area contributed by atoms with Gasteiger partial charge in [0, 0.05) is 21.7 Å². The molecule has 0 fully saturated rings. The maximum Gasteiger partial charge on any atom is 0.201 e. The van der Waals surface area contributed by atoms with E-state index in [1.165, 1.54) is 31.4 Å². The zero-order chi connectivity index (χ0) is 14.1. The van der Waals surface area contributed by atoms with E-state index in [0.717, 1.165) is 13.1 Å². The Morgan fingerprint density at radius 3 is 2.50 bits per heavy atom. The van der Waals surface area contributed by atoms with Crippen molar-refractivity contribution < 1.29 is 0 Å². The Morgan fingerprint density at radius 2 is 1.75 bits per heavy atom. The quantitative estimate of drug-likeness (QED) is 0.491. The fourth-order valence-corrected chi connectivity index (χ4v) is 3.80. The molecule has 1 aliphatic carbocycles. The first-order valence-corrected chi connectivity index (χ1v) is 8.05. The van der Waals surface area contributed by atoms with E-state index < -0.39 is 0 Å². The molecule has 102 valence electrons. The highest BCUT2D eigenvalue weighted by Crippen LogP contribution is 2.32. The Kier molecular flexibility index (Phi) is 3.58. The van der Waals surface area contributed by atoms with Gasteiger partial charge in [-0.3, -0.25) is 0 Å². The summed E-state index contributed by atoms with van der Waals surface area (Å²) < 4.78 is 3.77. The van der Waals surface area contributed by atoms with Crippen LogP contribution < -0.4 is 9.93 Å². The third-order valence-corrected chi connectivity index (χ3v) is 4.97. The summed E-state index contributed by atoms with van der Waals surface area (Å²) >= 11 is 1.89. The van der Waals surface area contributed by atoms with Crippen LogP contribution in [0.1, 0.15) is 19.4 Å². The van der Waals surface area contributed by atoms with Crippen LogP contribution in [0.4, 0.5) is 0 Å². The molecule has 0 spiro atoms. The van der Waals surface area contributed by atoms with Gasteiger partial charge in [0.15, 0.2) is 0 Å². The summed E-state index contributed by atoms with van der Waals surface area (Å²) in [5.74, 6) is 0. The van der Waals surface area contributed by atoms with Gasteiger partial charge in [-0.2, -0.15) is 0 Å². The van der Waals surface area contributed by atoms with Crippen molar-refractivity contribution in [2.45, 2.75) is 20.8 Å². The van der Waals surface area contributed by atoms with E-state index in [0.29, 0.717) is 0 Å². The van der Waals surface area contributed by atoms with Crippen molar-refractivity contribution in [1.29, 1.82) is 0 Å². The molecule has 0 radical (unpaired) electrons. The molecule has 2 heteroatoms. The molecule has 20 heavy (non-hydrogen) atoms. The van der Waals surface area contributed by atoms with Crippen LogP contribution in [0.5, 0.6) is 0 Å². The lowest BCUT2D eigenvalue weighted by Crippen LogP contribution is -2.29. The summed E-state index contributed by atoms with van der Waals surface area (Å²) in [7, 11) is 0. The Labute approximate surface area is 124 Å². The molecule has 3 rings (SSSR count). The zero-order valence-corrected chi connectivity index (χ0v) is 13.1. The van der Waals surface area contributed by atoms with E-state index in [4.69, 9.17) is 0 Å². The zero-order valence-electron chi connectivity index (χ0n) is 12.3. The molecule has 0 atom stereocenters.